The van der Waals surface area contributed by atoms with Crippen LogP contribution in [0, 0.1) is 0 Å². The Morgan fingerprint density at radius 1 is 1.00 bits per heavy atom. The van der Waals surface area contributed by atoms with Crippen molar-refractivity contribution in [1.29, 1.82) is 0 Å². The highest BCUT2D eigenvalue weighted by Crippen LogP contribution is 2.37. The molecule has 2 nitrogen and oxygen atoms in total. The van der Waals surface area contributed by atoms with Crippen molar-refractivity contribution in [3.8, 4) is 16.9 Å². The molecule has 1 heterocycles. The number of benzene rings is 1. The fraction of sp³-hybridized carbons (Fsp3) is 0.353. The summed E-state index contributed by atoms with van der Waals surface area (Å²) in [6.07, 6.45) is 3.67. The molecule has 0 aliphatic rings. The van der Waals surface area contributed by atoms with E-state index in [1.54, 1.807) is 6.20 Å². The number of rotatable bonds is 3. The third kappa shape index (κ3) is 3.28. The normalized spacial score (nSPS) is 12.2. The molecule has 0 amide bonds. The van der Waals surface area contributed by atoms with Gasteiger partial charge in [0.15, 0.2) is 0 Å². The van der Waals surface area contributed by atoms with Crippen LogP contribution in [0.4, 0.5) is 0 Å². The van der Waals surface area contributed by atoms with E-state index in [4.69, 9.17) is 4.43 Å². The van der Waals surface area contributed by atoms with Crippen molar-refractivity contribution in [1.82, 2.24) is 4.98 Å². The first-order valence-electron chi connectivity index (χ1n) is 6.99. The highest BCUT2D eigenvalue weighted by atomic mass is 28.4. The third-order valence-corrected chi connectivity index (χ3v) is 8.37. The third-order valence-electron chi connectivity index (χ3n) is 4.01. The Bertz CT molecular complexity index is 573. The molecular weight excluding hydrogens is 262 g/mol. The Hall–Kier alpha value is -1.61. The van der Waals surface area contributed by atoms with Gasteiger partial charge in [-0.3, -0.25) is 4.98 Å². The molecule has 0 bridgehead atoms. The van der Waals surface area contributed by atoms with E-state index in [9.17, 15) is 0 Å². The minimum Gasteiger partial charge on any atom is -0.543 e. The number of nitrogens with zero attached hydrogens (tertiary/aromatic N) is 1. The molecule has 0 spiro atoms. The van der Waals surface area contributed by atoms with Crippen LogP contribution in [0.5, 0.6) is 5.75 Å². The second-order valence-electron chi connectivity index (χ2n) is 6.63. The molecule has 3 heteroatoms. The first-order valence-corrected chi connectivity index (χ1v) is 9.90. The fourth-order valence-electron chi connectivity index (χ4n) is 1.72. The minimum absolute atomic E-state index is 0.206. The van der Waals surface area contributed by atoms with Crippen LogP contribution < -0.4 is 4.43 Å². The van der Waals surface area contributed by atoms with Crippen LogP contribution in [-0.2, 0) is 0 Å². The van der Waals surface area contributed by atoms with Crippen molar-refractivity contribution in [3.05, 3.63) is 48.8 Å². The SMILES string of the molecule is CC(C)(C)[Si](C)(C)Oc1cccc(-c2cccnc2)c1. The van der Waals surface area contributed by atoms with Crippen LogP contribution in [0.2, 0.25) is 18.1 Å². The second-order valence-corrected chi connectivity index (χ2v) is 11.4. The van der Waals surface area contributed by atoms with Gasteiger partial charge in [0, 0.05) is 18.0 Å². The summed E-state index contributed by atoms with van der Waals surface area (Å²) in [7, 11) is -1.79. The molecule has 0 aliphatic heterocycles. The Morgan fingerprint density at radius 2 is 1.70 bits per heavy atom. The van der Waals surface area contributed by atoms with Crippen LogP contribution >= 0.6 is 0 Å². The molecule has 1 aromatic carbocycles. The van der Waals surface area contributed by atoms with Crippen LogP contribution in [0.1, 0.15) is 20.8 Å². The van der Waals surface area contributed by atoms with E-state index in [1.165, 1.54) is 0 Å². The van der Waals surface area contributed by atoms with Crippen molar-refractivity contribution >= 4 is 8.32 Å². The lowest BCUT2D eigenvalue weighted by Gasteiger charge is -2.36. The Kier molecular flexibility index (Phi) is 4.00. The largest absolute Gasteiger partial charge is 0.543 e. The highest BCUT2D eigenvalue weighted by molar-refractivity contribution is 6.74. The van der Waals surface area contributed by atoms with E-state index in [0.29, 0.717) is 0 Å². The zero-order chi connectivity index (χ0) is 14.8. The molecule has 20 heavy (non-hydrogen) atoms. The summed E-state index contributed by atoms with van der Waals surface area (Å²) >= 11 is 0. The summed E-state index contributed by atoms with van der Waals surface area (Å²) in [4.78, 5) is 4.17. The monoisotopic (exact) mass is 285 g/mol. The molecule has 2 aromatic rings. The topological polar surface area (TPSA) is 22.1 Å². The summed E-state index contributed by atoms with van der Waals surface area (Å²) in [6.45, 7) is 11.3. The van der Waals surface area contributed by atoms with E-state index < -0.39 is 8.32 Å². The number of hydrogen-bond donors (Lipinski definition) is 0. The number of pyridine rings is 1. The quantitative estimate of drug-likeness (QED) is 0.729. The van der Waals surface area contributed by atoms with E-state index in [1.807, 2.05) is 24.4 Å². The second kappa shape index (κ2) is 5.41. The van der Waals surface area contributed by atoms with E-state index >= 15 is 0 Å². The predicted octanol–water partition coefficient (Wildman–Crippen LogP) is 5.13. The maximum absolute atomic E-state index is 6.35. The Balaban J connectivity index is 2.28. The average molecular weight is 285 g/mol. The van der Waals surface area contributed by atoms with Crippen molar-refractivity contribution in [2.45, 2.75) is 38.9 Å². The lowest BCUT2D eigenvalue weighted by molar-refractivity contribution is 0.492. The van der Waals surface area contributed by atoms with Gasteiger partial charge in [-0.05, 0) is 41.9 Å². The predicted molar refractivity (Wildman–Crippen MR) is 87.5 cm³/mol. The van der Waals surface area contributed by atoms with Gasteiger partial charge in [0.2, 0.25) is 8.32 Å². The number of hydrogen-bond acceptors (Lipinski definition) is 2. The molecule has 0 radical (unpaired) electrons. The van der Waals surface area contributed by atoms with E-state index in [2.05, 4.69) is 57.0 Å². The first kappa shape index (κ1) is 14.8. The van der Waals surface area contributed by atoms with Crippen LogP contribution in [0.3, 0.4) is 0 Å². The highest BCUT2D eigenvalue weighted by Gasteiger charge is 2.38. The molecule has 0 aliphatic carbocycles. The molecule has 0 unspecified atom stereocenters. The molecular formula is C17H23NOSi. The molecule has 0 fully saturated rings. The van der Waals surface area contributed by atoms with E-state index in [0.717, 1.165) is 16.9 Å². The van der Waals surface area contributed by atoms with Gasteiger partial charge in [-0.15, -0.1) is 0 Å². The van der Waals surface area contributed by atoms with Crippen molar-refractivity contribution < 1.29 is 4.43 Å². The summed E-state index contributed by atoms with van der Waals surface area (Å²) < 4.78 is 6.35. The molecule has 0 saturated heterocycles. The lowest BCUT2D eigenvalue weighted by Crippen LogP contribution is -2.43. The van der Waals surface area contributed by atoms with Gasteiger partial charge < -0.3 is 4.43 Å². The van der Waals surface area contributed by atoms with Gasteiger partial charge in [-0.2, -0.15) is 0 Å². The van der Waals surface area contributed by atoms with Crippen LogP contribution in [0.25, 0.3) is 11.1 Å². The fourth-order valence-corrected chi connectivity index (χ4v) is 2.74. The zero-order valence-corrected chi connectivity index (χ0v) is 14.0. The zero-order valence-electron chi connectivity index (χ0n) is 13.0. The van der Waals surface area contributed by atoms with Crippen LogP contribution in [-0.4, -0.2) is 13.3 Å². The summed E-state index contributed by atoms with van der Waals surface area (Å²) in [6, 6.07) is 12.3. The smallest absolute Gasteiger partial charge is 0.250 e. The summed E-state index contributed by atoms with van der Waals surface area (Å²) in [5.41, 5.74) is 2.27. The summed E-state index contributed by atoms with van der Waals surface area (Å²) in [5.74, 6) is 0.956. The lowest BCUT2D eigenvalue weighted by atomic mass is 10.1. The standard InChI is InChI=1S/C17H23NOSi/c1-17(2,3)20(4,5)19-16-10-6-8-14(12-16)15-9-7-11-18-13-15/h6-13H,1-5H3. The van der Waals surface area contributed by atoms with Crippen molar-refractivity contribution in [2.75, 3.05) is 0 Å². The van der Waals surface area contributed by atoms with Crippen molar-refractivity contribution in [2.24, 2.45) is 0 Å². The van der Waals surface area contributed by atoms with Gasteiger partial charge >= 0.3 is 0 Å². The molecule has 106 valence electrons. The Morgan fingerprint density at radius 3 is 2.30 bits per heavy atom. The molecule has 0 atom stereocenters. The molecule has 2 rings (SSSR count). The van der Waals surface area contributed by atoms with Gasteiger partial charge in [-0.25, -0.2) is 0 Å². The molecule has 0 saturated carbocycles. The maximum Gasteiger partial charge on any atom is 0.250 e. The summed E-state index contributed by atoms with van der Waals surface area (Å²) in [5, 5.41) is 0.206. The van der Waals surface area contributed by atoms with E-state index in [-0.39, 0.29) is 5.04 Å². The average Bonchev–Trinajstić information content (AvgIpc) is 2.38. The van der Waals surface area contributed by atoms with Gasteiger partial charge in [-0.1, -0.05) is 39.0 Å². The van der Waals surface area contributed by atoms with Gasteiger partial charge in [0.1, 0.15) is 5.75 Å². The number of aromatic nitrogens is 1. The molecule has 1 aromatic heterocycles. The van der Waals surface area contributed by atoms with Gasteiger partial charge in [0.05, 0.1) is 0 Å². The van der Waals surface area contributed by atoms with Gasteiger partial charge in [0.25, 0.3) is 0 Å². The maximum atomic E-state index is 6.35. The minimum atomic E-state index is -1.79. The van der Waals surface area contributed by atoms with Crippen LogP contribution in [0.15, 0.2) is 48.8 Å². The Labute approximate surface area is 123 Å². The molecule has 0 N–H and O–H groups in total. The first-order chi connectivity index (χ1) is 9.29. The van der Waals surface area contributed by atoms with Crippen molar-refractivity contribution in [3.63, 3.8) is 0 Å².